The summed E-state index contributed by atoms with van der Waals surface area (Å²) in [4.78, 5) is 24.1. The average Bonchev–Trinajstić information content (AvgIpc) is 3.46. The summed E-state index contributed by atoms with van der Waals surface area (Å²) in [5, 5.41) is 10.0. The first kappa shape index (κ1) is 25.8. The lowest BCUT2D eigenvalue weighted by atomic mass is 9.88. The third kappa shape index (κ3) is 5.39. The molecule has 5 rings (SSSR count). The fraction of sp³-hybridized carbons (Fsp3) is 0.519. The van der Waals surface area contributed by atoms with Gasteiger partial charge in [0.05, 0.1) is 31.5 Å². The number of nitrogens with zero attached hydrogens (tertiary/aromatic N) is 3. The van der Waals surface area contributed by atoms with Gasteiger partial charge in [-0.05, 0) is 54.4 Å². The number of aromatic nitrogens is 2. The zero-order valence-electron chi connectivity index (χ0n) is 21.6. The second-order valence-electron chi connectivity index (χ2n) is 9.93. The van der Waals surface area contributed by atoms with Gasteiger partial charge in [0.25, 0.3) is 0 Å². The molecule has 2 heterocycles. The van der Waals surface area contributed by atoms with E-state index in [1.807, 2.05) is 0 Å². The third-order valence-corrected chi connectivity index (χ3v) is 8.11. The molecule has 198 valence electrons. The topological polar surface area (TPSA) is 101 Å². The lowest BCUT2D eigenvalue weighted by molar-refractivity contribution is -0.125. The molecule has 1 aromatic heterocycles. The Morgan fingerprint density at radius 1 is 1.16 bits per heavy atom. The Labute approximate surface area is 223 Å². The summed E-state index contributed by atoms with van der Waals surface area (Å²) in [7, 11) is 5.09. The van der Waals surface area contributed by atoms with Gasteiger partial charge in [0.1, 0.15) is 10.8 Å². The first-order valence-electron chi connectivity index (χ1n) is 12.9. The van der Waals surface area contributed by atoms with Crippen molar-refractivity contribution in [2.45, 2.75) is 25.3 Å². The number of carbonyl (C=O) groups excluding carboxylic acids is 1. The molecule has 4 unspecified atom stereocenters. The van der Waals surface area contributed by atoms with Crippen molar-refractivity contribution in [3.63, 3.8) is 0 Å². The highest BCUT2D eigenvalue weighted by Crippen LogP contribution is 2.45. The number of carbonyl (C=O) groups is 1. The van der Waals surface area contributed by atoms with E-state index in [1.54, 1.807) is 27.5 Å². The number of amides is 1. The maximum atomic E-state index is 12.6. The highest BCUT2D eigenvalue weighted by atomic mass is 35.5. The average molecular weight is 527 g/mol. The summed E-state index contributed by atoms with van der Waals surface area (Å²) >= 11 is 6.49. The summed E-state index contributed by atoms with van der Waals surface area (Å²) in [6, 6.07) is 4.18. The van der Waals surface area contributed by atoms with Crippen LogP contribution in [0, 0.1) is 17.8 Å². The van der Waals surface area contributed by atoms with Crippen LogP contribution in [0.25, 0.3) is 0 Å². The van der Waals surface area contributed by atoms with E-state index >= 15 is 0 Å². The van der Waals surface area contributed by atoms with Crippen molar-refractivity contribution >= 4 is 35.0 Å². The van der Waals surface area contributed by atoms with Crippen LogP contribution in [0.5, 0.6) is 5.75 Å². The number of methoxy groups -OCH3 is 2. The van der Waals surface area contributed by atoms with Crippen LogP contribution in [0.4, 0.5) is 17.5 Å². The van der Waals surface area contributed by atoms with Gasteiger partial charge in [-0.1, -0.05) is 23.8 Å². The van der Waals surface area contributed by atoms with Gasteiger partial charge >= 0.3 is 0 Å². The molecule has 2 aromatic rings. The zero-order chi connectivity index (χ0) is 25.9. The van der Waals surface area contributed by atoms with Crippen molar-refractivity contribution in [3.8, 4) is 5.75 Å². The molecule has 3 aliphatic rings. The van der Waals surface area contributed by atoms with Gasteiger partial charge in [0.2, 0.25) is 11.9 Å². The van der Waals surface area contributed by atoms with E-state index in [4.69, 9.17) is 21.1 Å². The van der Waals surface area contributed by atoms with E-state index in [1.165, 1.54) is 11.1 Å². The fourth-order valence-corrected chi connectivity index (χ4v) is 6.01. The lowest BCUT2D eigenvalue weighted by Gasteiger charge is -2.28. The van der Waals surface area contributed by atoms with E-state index in [2.05, 4.69) is 55.1 Å². The monoisotopic (exact) mass is 526 g/mol. The van der Waals surface area contributed by atoms with Crippen molar-refractivity contribution in [2.24, 2.45) is 17.8 Å². The number of hydrogen-bond acceptors (Lipinski definition) is 8. The van der Waals surface area contributed by atoms with Crippen LogP contribution in [-0.4, -0.2) is 74.3 Å². The summed E-state index contributed by atoms with van der Waals surface area (Å²) in [6.07, 6.45) is 8.79. The van der Waals surface area contributed by atoms with Crippen LogP contribution in [0.15, 0.2) is 30.5 Å². The first-order chi connectivity index (χ1) is 18.0. The molecule has 37 heavy (non-hydrogen) atoms. The van der Waals surface area contributed by atoms with Gasteiger partial charge in [0.15, 0.2) is 5.82 Å². The standard InChI is InChI=1S/C27H35ClN6O3/c1-29-26(35)23-18-4-5-19(12-18)24(23)32-25-20(28)15-30-27(33-25)31-21-13-16-6-8-34(10-11-36-2)9-7-17(16)14-22(21)37-3/h4-5,13-15,18-19,23-24H,6-12H2,1-3H3,(H,29,35)(H2,30,31,32,33). The minimum absolute atomic E-state index is 0.0355. The number of fused-ring (bicyclic) bond motifs is 3. The Morgan fingerprint density at radius 2 is 1.92 bits per heavy atom. The Hall–Kier alpha value is -2.88. The zero-order valence-corrected chi connectivity index (χ0v) is 22.3. The number of rotatable bonds is 9. The van der Waals surface area contributed by atoms with Crippen LogP contribution < -0.4 is 20.7 Å². The van der Waals surface area contributed by atoms with Gasteiger partial charge in [-0.3, -0.25) is 4.79 Å². The molecular weight excluding hydrogens is 492 g/mol. The second-order valence-corrected chi connectivity index (χ2v) is 10.3. The van der Waals surface area contributed by atoms with Crippen LogP contribution in [0.1, 0.15) is 17.5 Å². The molecule has 4 atom stereocenters. The number of allylic oxidation sites excluding steroid dienone is 1. The van der Waals surface area contributed by atoms with Crippen LogP contribution in [-0.2, 0) is 22.4 Å². The maximum absolute atomic E-state index is 12.6. The fourth-order valence-electron chi connectivity index (χ4n) is 5.86. The largest absolute Gasteiger partial charge is 0.495 e. The van der Waals surface area contributed by atoms with Crippen LogP contribution >= 0.6 is 11.6 Å². The molecule has 1 saturated carbocycles. The Bertz CT molecular complexity index is 1180. The predicted octanol–water partition coefficient (Wildman–Crippen LogP) is 3.28. The molecule has 3 N–H and O–H groups in total. The highest BCUT2D eigenvalue weighted by molar-refractivity contribution is 6.32. The Kier molecular flexibility index (Phi) is 7.83. The van der Waals surface area contributed by atoms with E-state index < -0.39 is 0 Å². The second kappa shape index (κ2) is 11.2. The molecule has 0 radical (unpaired) electrons. The summed E-state index contributed by atoms with van der Waals surface area (Å²) in [5.41, 5.74) is 3.40. The number of nitrogens with one attached hydrogen (secondary N) is 3. The molecule has 1 aromatic carbocycles. The van der Waals surface area contributed by atoms with E-state index in [0.717, 1.165) is 56.9 Å². The van der Waals surface area contributed by atoms with Crippen molar-refractivity contribution in [3.05, 3.63) is 46.6 Å². The summed E-state index contributed by atoms with van der Waals surface area (Å²) < 4.78 is 11.0. The van der Waals surface area contributed by atoms with E-state index in [0.29, 0.717) is 16.8 Å². The van der Waals surface area contributed by atoms with E-state index in [-0.39, 0.29) is 29.7 Å². The third-order valence-electron chi connectivity index (χ3n) is 7.83. The molecule has 0 spiro atoms. The van der Waals surface area contributed by atoms with Crippen LogP contribution in [0.2, 0.25) is 5.02 Å². The van der Waals surface area contributed by atoms with Crippen molar-refractivity contribution in [1.29, 1.82) is 0 Å². The van der Waals surface area contributed by atoms with Crippen molar-refractivity contribution in [1.82, 2.24) is 20.2 Å². The highest BCUT2D eigenvalue weighted by Gasteiger charge is 2.48. The number of ether oxygens (including phenoxy) is 2. The van der Waals surface area contributed by atoms with Crippen molar-refractivity contribution < 1.29 is 14.3 Å². The van der Waals surface area contributed by atoms with Gasteiger partial charge in [0, 0.05) is 39.8 Å². The Morgan fingerprint density at radius 3 is 2.65 bits per heavy atom. The molecule has 10 heteroatoms. The lowest BCUT2D eigenvalue weighted by Crippen LogP contribution is -2.42. The van der Waals surface area contributed by atoms with Gasteiger partial charge in [-0.25, -0.2) is 4.98 Å². The minimum atomic E-state index is -0.157. The quantitative estimate of drug-likeness (QED) is 0.428. The Balaban J connectivity index is 1.35. The molecule has 1 aliphatic heterocycles. The van der Waals surface area contributed by atoms with Crippen LogP contribution in [0.3, 0.4) is 0 Å². The summed E-state index contributed by atoms with van der Waals surface area (Å²) in [6.45, 7) is 3.65. The summed E-state index contributed by atoms with van der Waals surface area (Å²) in [5.74, 6) is 2.05. The van der Waals surface area contributed by atoms with Gasteiger partial charge < -0.3 is 30.3 Å². The number of anilines is 3. The molecule has 0 saturated heterocycles. The SMILES string of the molecule is CNC(=O)C1C2C=CC(C2)C1Nc1nc(Nc2cc3c(cc2OC)CCN(CCOC)CC3)ncc1Cl. The maximum Gasteiger partial charge on any atom is 0.229 e. The molecule has 1 fully saturated rings. The molecule has 2 bridgehead atoms. The minimum Gasteiger partial charge on any atom is -0.495 e. The smallest absolute Gasteiger partial charge is 0.229 e. The first-order valence-corrected chi connectivity index (χ1v) is 13.3. The normalized spacial score (nSPS) is 24.4. The van der Waals surface area contributed by atoms with Gasteiger partial charge in [-0.15, -0.1) is 0 Å². The molecular formula is C27H35ClN6O3. The van der Waals surface area contributed by atoms with Gasteiger partial charge in [-0.2, -0.15) is 4.98 Å². The molecule has 2 aliphatic carbocycles. The van der Waals surface area contributed by atoms with E-state index in [9.17, 15) is 4.79 Å². The number of halogens is 1. The predicted molar refractivity (Wildman–Crippen MR) is 145 cm³/mol. The number of benzene rings is 1. The van der Waals surface area contributed by atoms with Crippen molar-refractivity contribution in [2.75, 3.05) is 58.1 Å². The number of hydrogen-bond donors (Lipinski definition) is 3. The molecule has 1 amide bonds. The molecule has 9 nitrogen and oxygen atoms in total.